The van der Waals surface area contributed by atoms with Gasteiger partial charge in [0, 0.05) is 0 Å². The van der Waals surface area contributed by atoms with Crippen molar-refractivity contribution in [2.45, 2.75) is 38.8 Å². The van der Waals surface area contributed by atoms with Crippen LogP contribution in [0.2, 0.25) is 0 Å². The van der Waals surface area contributed by atoms with Crippen LogP contribution in [0, 0.1) is 0 Å². The van der Waals surface area contributed by atoms with Crippen LogP contribution in [0.1, 0.15) is 38.8 Å². The molecule has 23 heavy (non-hydrogen) atoms. The first-order valence-corrected chi connectivity index (χ1v) is 7.45. The van der Waals surface area contributed by atoms with Gasteiger partial charge in [0.05, 0.1) is 12.5 Å². The second-order valence-corrected chi connectivity index (χ2v) is 6.37. The largest absolute Gasteiger partial charge is 0.481 e. The quantitative estimate of drug-likeness (QED) is 0.897. The van der Waals surface area contributed by atoms with Gasteiger partial charge >= 0.3 is 12.1 Å². The number of aliphatic carboxylic acids is 1. The first kappa shape index (κ1) is 16.8. The zero-order valence-corrected chi connectivity index (χ0v) is 13.5. The first-order chi connectivity index (χ1) is 10.8. The number of rotatable bonds is 4. The molecular formula is C18H21NO4. The molecule has 1 amide bonds. The molecule has 2 aromatic rings. The van der Waals surface area contributed by atoms with Crippen molar-refractivity contribution in [3.63, 3.8) is 0 Å². The Hall–Kier alpha value is -2.56. The van der Waals surface area contributed by atoms with Crippen LogP contribution in [-0.4, -0.2) is 22.8 Å². The van der Waals surface area contributed by atoms with Crippen molar-refractivity contribution < 1.29 is 19.4 Å². The third kappa shape index (κ3) is 4.71. The lowest BCUT2D eigenvalue weighted by Crippen LogP contribution is -2.35. The third-order valence-electron chi connectivity index (χ3n) is 3.27. The predicted molar refractivity (Wildman–Crippen MR) is 88.3 cm³/mol. The average Bonchev–Trinajstić information content (AvgIpc) is 2.43. The number of alkyl carbamates (subject to hydrolysis) is 1. The van der Waals surface area contributed by atoms with Gasteiger partial charge in [0.15, 0.2) is 0 Å². The summed E-state index contributed by atoms with van der Waals surface area (Å²) < 4.78 is 5.24. The number of amides is 1. The van der Waals surface area contributed by atoms with Gasteiger partial charge in [0.1, 0.15) is 5.60 Å². The molecule has 0 aliphatic carbocycles. The van der Waals surface area contributed by atoms with Gasteiger partial charge in [-0.15, -0.1) is 0 Å². The van der Waals surface area contributed by atoms with Crippen LogP contribution >= 0.6 is 0 Å². The fourth-order valence-electron chi connectivity index (χ4n) is 2.42. The van der Waals surface area contributed by atoms with E-state index in [2.05, 4.69) is 5.32 Å². The van der Waals surface area contributed by atoms with Crippen LogP contribution in [-0.2, 0) is 9.53 Å². The Morgan fingerprint density at radius 1 is 1.13 bits per heavy atom. The second kappa shape index (κ2) is 6.69. The molecule has 1 unspecified atom stereocenters. The Bertz CT molecular complexity index is 713. The minimum absolute atomic E-state index is 0.215. The van der Waals surface area contributed by atoms with Crippen molar-refractivity contribution in [2.24, 2.45) is 0 Å². The molecule has 0 saturated heterocycles. The van der Waals surface area contributed by atoms with Crippen LogP contribution in [0.3, 0.4) is 0 Å². The molecule has 0 aliphatic rings. The van der Waals surface area contributed by atoms with Crippen molar-refractivity contribution in [3.05, 3.63) is 48.0 Å². The van der Waals surface area contributed by atoms with E-state index in [1.165, 1.54) is 0 Å². The molecule has 5 heteroatoms. The molecule has 2 N–H and O–H groups in total. The molecule has 0 aliphatic heterocycles. The number of carboxylic acid groups (broad SMARTS) is 1. The van der Waals surface area contributed by atoms with Crippen molar-refractivity contribution in [1.29, 1.82) is 0 Å². The highest BCUT2D eigenvalue weighted by atomic mass is 16.6. The van der Waals surface area contributed by atoms with E-state index in [9.17, 15) is 14.7 Å². The molecule has 2 rings (SSSR count). The van der Waals surface area contributed by atoms with Crippen molar-refractivity contribution in [2.75, 3.05) is 0 Å². The molecular weight excluding hydrogens is 294 g/mol. The van der Waals surface area contributed by atoms with Crippen LogP contribution in [0.5, 0.6) is 0 Å². The zero-order valence-electron chi connectivity index (χ0n) is 13.5. The summed E-state index contributed by atoms with van der Waals surface area (Å²) in [5.74, 6) is -0.987. The van der Waals surface area contributed by atoms with Gasteiger partial charge in [-0.05, 0) is 37.1 Å². The highest BCUT2D eigenvalue weighted by Crippen LogP contribution is 2.26. The minimum Gasteiger partial charge on any atom is -0.481 e. The van der Waals surface area contributed by atoms with Crippen LogP contribution in [0.15, 0.2) is 42.5 Å². The number of nitrogens with one attached hydrogen (secondary N) is 1. The monoisotopic (exact) mass is 315 g/mol. The van der Waals surface area contributed by atoms with E-state index in [1.54, 1.807) is 20.8 Å². The van der Waals surface area contributed by atoms with Crippen molar-refractivity contribution >= 4 is 22.8 Å². The molecule has 1 atom stereocenters. The summed E-state index contributed by atoms with van der Waals surface area (Å²) in [6, 6.07) is 12.6. The Morgan fingerprint density at radius 3 is 2.43 bits per heavy atom. The lowest BCUT2D eigenvalue weighted by Gasteiger charge is -2.24. The van der Waals surface area contributed by atoms with E-state index >= 15 is 0 Å². The van der Waals surface area contributed by atoms with Gasteiger partial charge in [-0.3, -0.25) is 4.79 Å². The Morgan fingerprint density at radius 2 is 1.78 bits per heavy atom. The molecule has 0 saturated carbocycles. The average molecular weight is 315 g/mol. The minimum atomic E-state index is -0.987. The van der Waals surface area contributed by atoms with Gasteiger partial charge in [0.2, 0.25) is 0 Å². The summed E-state index contributed by atoms with van der Waals surface area (Å²) in [4.78, 5) is 23.2. The predicted octanol–water partition coefficient (Wildman–Crippen LogP) is 3.88. The summed E-state index contributed by atoms with van der Waals surface area (Å²) in [5, 5.41) is 13.7. The van der Waals surface area contributed by atoms with E-state index in [4.69, 9.17) is 4.74 Å². The standard InChI is InChI=1S/C18H21NO4/c1-18(2,3)23-17(22)19-15(11-16(20)21)14-10-6-8-12-7-4-5-9-13(12)14/h4-10,15H,11H2,1-3H3,(H,19,22)(H,20,21). The summed E-state index contributed by atoms with van der Waals surface area (Å²) in [6.45, 7) is 5.28. The van der Waals surface area contributed by atoms with Crippen LogP contribution in [0.4, 0.5) is 4.79 Å². The highest BCUT2D eigenvalue weighted by molar-refractivity contribution is 5.87. The third-order valence-corrected chi connectivity index (χ3v) is 3.27. The van der Waals surface area contributed by atoms with Crippen molar-refractivity contribution in [1.82, 2.24) is 5.32 Å². The number of carbonyl (C=O) groups is 2. The number of carboxylic acids is 1. The molecule has 0 aromatic heterocycles. The maximum absolute atomic E-state index is 12.0. The number of carbonyl (C=O) groups excluding carboxylic acids is 1. The van der Waals surface area contributed by atoms with E-state index < -0.39 is 23.7 Å². The van der Waals surface area contributed by atoms with Gasteiger partial charge in [0.25, 0.3) is 0 Å². The topological polar surface area (TPSA) is 75.6 Å². The summed E-state index contributed by atoms with van der Waals surface area (Å²) in [7, 11) is 0. The molecule has 0 heterocycles. The number of fused-ring (bicyclic) bond motifs is 1. The maximum atomic E-state index is 12.0. The van der Waals surface area contributed by atoms with Crippen LogP contribution < -0.4 is 5.32 Å². The highest BCUT2D eigenvalue weighted by Gasteiger charge is 2.23. The fourth-order valence-corrected chi connectivity index (χ4v) is 2.42. The van der Waals surface area contributed by atoms with Crippen molar-refractivity contribution in [3.8, 4) is 0 Å². The number of benzene rings is 2. The van der Waals surface area contributed by atoms with E-state index in [0.717, 1.165) is 16.3 Å². The molecule has 122 valence electrons. The fraction of sp³-hybridized carbons (Fsp3) is 0.333. The van der Waals surface area contributed by atoms with Gasteiger partial charge in [-0.25, -0.2) is 4.79 Å². The summed E-state index contributed by atoms with van der Waals surface area (Å²) in [5.41, 5.74) is 0.118. The van der Waals surface area contributed by atoms with Gasteiger partial charge in [-0.2, -0.15) is 0 Å². The van der Waals surface area contributed by atoms with E-state index in [0.29, 0.717) is 0 Å². The van der Waals surface area contributed by atoms with Crippen LogP contribution in [0.25, 0.3) is 10.8 Å². The Labute approximate surface area is 135 Å². The van der Waals surface area contributed by atoms with E-state index in [1.807, 2.05) is 42.5 Å². The molecule has 0 spiro atoms. The second-order valence-electron chi connectivity index (χ2n) is 6.37. The summed E-state index contributed by atoms with van der Waals surface area (Å²) >= 11 is 0. The molecule has 0 radical (unpaired) electrons. The molecule has 0 bridgehead atoms. The number of hydrogen-bond donors (Lipinski definition) is 2. The Balaban J connectivity index is 2.34. The summed E-state index contributed by atoms with van der Waals surface area (Å²) in [6.07, 6.45) is -0.843. The van der Waals surface area contributed by atoms with Gasteiger partial charge < -0.3 is 15.2 Å². The molecule has 2 aromatic carbocycles. The van der Waals surface area contributed by atoms with Gasteiger partial charge in [-0.1, -0.05) is 42.5 Å². The number of hydrogen-bond acceptors (Lipinski definition) is 3. The smallest absolute Gasteiger partial charge is 0.408 e. The normalized spacial score (nSPS) is 12.7. The Kier molecular flexibility index (Phi) is 4.89. The lowest BCUT2D eigenvalue weighted by molar-refractivity contribution is -0.137. The SMILES string of the molecule is CC(C)(C)OC(=O)NC(CC(=O)O)c1cccc2ccccc12. The molecule has 5 nitrogen and oxygen atoms in total. The lowest BCUT2D eigenvalue weighted by atomic mass is 9.97. The first-order valence-electron chi connectivity index (χ1n) is 7.45. The zero-order chi connectivity index (χ0) is 17.0. The maximum Gasteiger partial charge on any atom is 0.408 e. The molecule has 0 fully saturated rings. The number of ether oxygens (including phenoxy) is 1. The van der Waals surface area contributed by atoms with E-state index in [-0.39, 0.29) is 6.42 Å².